The third kappa shape index (κ3) is 3.08. The molecule has 1 saturated heterocycles. The van der Waals surface area contributed by atoms with Gasteiger partial charge in [0.1, 0.15) is 5.82 Å². The highest BCUT2D eigenvalue weighted by molar-refractivity contribution is 5.50. The summed E-state index contributed by atoms with van der Waals surface area (Å²) in [4.78, 5) is 2.37. The van der Waals surface area contributed by atoms with Gasteiger partial charge in [0, 0.05) is 24.3 Å². The fourth-order valence-electron chi connectivity index (χ4n) is 2.95. The molecule has 0 aliphatic carbocycles. The third-order valence-electron chi connectivity index (χ3n) is 4.06. The Hall–Kier alpha value is -1.87. The summed E-state index contributed by atoms with van der Waals surface area (Å²) in [5.74, 6) is -0.190. The summed E-state index contributed by atoms with van der Waals surface area (Å²) in [6, 6.07) is 17.5. The van der Waals surface area contributed by atoms with Crippen molar-refractivity contribution in [2.75, 3.05) is 18.0 Å². The van der Waals surface area contributed by atoms with Gasteiger partial charge in [0.15, 0.2) is 0 Å². The van der Waals surface area contributed by atoms with Gasteiger partial charge >= 0.3 is 0 Å². The second-order valence-corrected chi connectivity index (χ2v) is 6.30. The fraction of sp³-hybridized carbons (Fsp3) is 0.333. The van der Waals surface area contributed by atoms with E-state index in [2.05, 4.69) is 48.3 Å². The summed E-state index contributed by atoms with van der Waals surface area (Å²) in [5, 5.41) is 3.60. The number of benzene rings is 2. The average molecular weight is 284 g/mol. The number of halogens is 1. The largest absolute Gasteiger partial charge is 0.361 e. The highest BCUT2D eigenvalue weighted by atomic mass is 19.1. The van der Waals surface area contributed by atoms with Gasteiger partial charge in [0.05, 0.1) is 6.04 Å². The standard InChI is InChI=1S/C18H21FN2/c1-18(2)13-21(16-10-8-15(19)9-11-16)17(12-20-18)14-6-4-3-5-7-14/h3-11,17,20H,12-13H2,1-2H3. The number of hydrogen-bond acceptors (Lipinski definition) is 2. The predicted octanol–water partition coefficient (Wildman–Crippen LogP) is 3.76. The summed E-state index contributed by atoms with van der Waals surface area (Å²) in [7, 11) is 0. The molecule has 0 radical (unpaired) electrons. The molecule has 1 heterocycles. The second kappa shape index (κ2) is 5.49. The van der Waals surface area contributed by atoms with E-state index in [9.17, 15) is 4.39 Å². The van der Waals surface area contributed by atoms with Gasteiger partial charge in [-0.3, -0.25) is 0 Å². The van der Waals surface area contributed by atoms with Crippen LogP contribution in [0.4, 0.5) is 10.1 Å². The quantitative estimate of drug-likeness (QED) is 0.903. The van der Waals surface area contributed by atoms with Gasteiger partial charge in [-0.1, -0.05) is 30.3 Å². The first kappa shape index (κ1) is 14.1. The molecule has 1 atom stereocenters. The van der Waals surface area contributed by atoms with Crippen molar-refractivity contribution in [1.82, 2.24) is 5.32 Å². The van der Waals surface area contributed by atoms with Gasteiger partial charge < -0.3 is 10.2 Å². The van der Waals surface area contributed by atoms with E-state index in [1.165, 1.54) is 17.7 Å². The monoisotopic (exact) mass is 284 g/mol. The lowest BCUT2D eigenvalue weighted by molar-refractivity contribution is 0.312. The van der Waals surface area contributed by atoms with Crippen molar-refractivity contribution < 1.29 is 4.39 Å². The van der Waals surface area contributed by atoms with E-state index in [1.54, 1.807) is 0 Å². The number of anilines is 1. The topological polar surface area (TPSA) is 15.3 Å². The average Bonchev–Trinajstić information content (AvgIpc) is 2.48. The van der Waals surface area contributed by atoms with Crippen LogP contribution in [0.3, 0.4) is 0 Å². The minimum atomic E-state index is -0.190. The first-order valence-electron chi connectivity index (χ1n) is 7.37. The zero-order valence-corrected chi connectivity index (χ0v) is 12.5. The molecule has 1 unspecified atom stereocenters. The molecular weight excluding hydrogens is 263 g/mol. The third-order valence-corrected chi connectivity index (χ3v) is 4.06. The van der Waals surface area contributed by atoms with E-state index in [0.29, 0.717) is 0 Å². The molecule has 3 heteroatoms. The number of hydrogen-bond donors (Lipinski definition) is 1. The summed E-state index contributed by atoms with van der Waals surface area (Å²) < 4.78 is 13.2. The van der Waals surface area contributed by atoms with Crippen LogP contribution in [0.1, 0.15) is 25.5 Å². The lowest BCUT2D eigenvalue weighted by Gasteiger charge is -2.46. The van der Waals surface area contributed by atoms with Crippen LogP contribution in [0, 0.1) is 5.82 Å². The molecule has 2 aromatic rings. The molecule has 0 aromatic heterocycles. The number of piperazine rings is 1. The van der Waals surface area contributed by atoms with Crippen molar-refractivity contribution in [1.29, 1.82) is 0 Å². The van der Waals surface area contributed by atoms with E-state index >= 15 is 0 Å². The Morgan fingerprint density at radius 3 is 2.38 bits per heavy atom. The molecular formula is C18H21FN2. The van der Waals surface area contributed by atoms with Crippen LogP contribution >= 0.6 is 0 Å². The molecule has 21 heavy (non-hydrogen) atoms. The van der Waals surface area contributed by atoms with Gasteiger partial charge in [-0.05, 0) is 43.7 Å². The van der Waals surface area contributed by atoms with Crippen LogP contribution < -0.4 is 10.2 Å². The molecule has 0 bridgehead atoms. The van der Waals surface area contributed by atoms with E-state index in [4.69, 9.17) is 0 Å². The van der Waals surface area contributed by atoms with Crippen molar-refractivity contribution in [3.05, 3.63) is 66.0 Å². The van der Waals surface area contributed by atoms with E-state index in [0.717, 1.165) is 18.8 Å². The normalized spacial score (nSPS) is 21.3. The Morgan fingerprint density at radius 1 is 1.05 bits per heavy atom. The summed E-state index contributed by atoms with van der Waals surface area (Å²) in [6.07, 6.45) is 0. The van der Waals surface area contributed by atoms with Crippen molar-refractivity contribution in [3.63, 3.8) is 0 Å². The van der Waals surface area contributed by atoms with Gasteiger partial charge in [-0.2, -0.15) is 0 Å². The van der Waals surface area contributed by atoms with Crippen molar-refractivity contribution >= 4 is 5.69 Å². The lowest BCUT2D eigenvalue weighted by Crippen LogP contribution is -2.58. The van der Waals surface area contributed by atoms with Gasteiger partial charge in [0.2, 0.25) is 0 Å². The maximum Gasteiger partial charge on any atom is 0.123 e. The molecule has 1 N–H and O–H groups in total. The summed E-state index contributed by atoms with van der Waals surface area (Å²) in [5.41, 5.74) is 2.39. The molecule has 3 rings (SSSR count). The minimum Gasteiger partial charge on any atom is -0.361 e. The molecule has 1 aliphatic rings. The van der Waals surface area contributed by atoms with Gasteiger partial charge in [-0.25, -0.2) is 4.39 Å². The van der Waals surface area contributed by atoms with Gasteiger partial charge in [0.25, 0.3) is 0 Å². The van der Waals surface area contributed by atoms with Crippen LogP contribution in [0.25, 0.3) is 0 Å². The Morgan fingerprint density at radius 2 is 1.71 bits per heavy atom. The number of rotatable bonds is 2. The minimum absolute atomic E-state index is 0.0413. The number of nitrogens with zero attached hydrogens (tertiary/aromatic N) is 1. The highest BCUT2D eigenvalue weighted by Crippen LogP contribution is 2.32. The molecule has 110 valence electrons. The summed E-state index contributed by atoms with van der Waals surface area (Å²) in [6.45, 7) is 6.17. The van der Waals surface area contributed by atoms with Crippen molar-refractivity contribution in [2.24, 2.45) is 0 Å². The Kier molecular flexibility index (Phi) is 3.68. The smallest absolute Gasteiger partial charge is 0.123 e. The first-order chi connectivity index (χ1) is 10.1. The van der Waals surface area contributed by atoms with E-state index in [1.807, 2.05) is 18.2 Å². The molecule has 1 fully saturated rings. The van der Waals surface area contributed by atoms with Crippen LogP contribution in [0.5, 0.6) is 0 Å². The van der Waals surface area contributed by atoms with Crippen LogP contribution in [0.2, 0.25) is 0 Å². The van der Waals surface area contributed by atoms with Crippen LogP contribution in [0.15, 0.2) is 54.6 Å². The SMILES string of the molecule is CC1(C)CN(c2ccc(F)cc2)C(c2ccccc2)CN1. The van der Waals surface area contributed by atoms with Crippen molar-refractivity contribution in [3.8, 4) is 0 Å². The molecule has 2 aromatic carbocycles. The van der Waals surface area contributed by atoms with Crippen LogP contribution in [-0.2, 0) is 0 Å². The second-order valence-electron chi connectivity index (χ2n) is 6.30. The van der Waals surface area contributed by atoms with Crippen LogP contribution in [-0.4, -0.2) is 18.6 Å². The summed E-state index contributed by atoms with van der Waals surface area (Å²) >= 11 is 0. The fourth-order valence-corrected chi connectivity index (χ4v) is 2.95. The molecule has 0 amide bonds. The number of nitrogens with one attached hydrogen (secondary N) is 1. The maximum absolute atomic E-state index is 13.2. The maximum atomic E-state index is 13.2. The Bertz CT molecular complexity index is 592. The highest BCUT2D eigenvalue weighted by Gasteiger charge is 2.33. The van der Waals surface area contributed by atoms with Gasteiger partial charge in [-0.15, -0.1) is 0 Å². The zero-order chi connectivity index (χ0) is 14.9. The molecule has 1 aliphatic heterocycles. The van der Waals surface area contributed by atoms with E-state index < -0.39 is 0 Å². The lowest BCUT2D eigenvalue weighted by atomic mass is 9.94. The Balaban J connectivity index is 1.96. The molecule has 2 nitrogen and oxygen atoms in total. The van der Waals surface area contributed by atoms with Crippen molar-refractivity contribution in [2.45, 2.75) is 25.4 Å². The zero-order valence-electron chi connectivity index (χ0n) is 12.5. The Labute approximate surface area is 125 Å². The molecule has 0 spiro atoms. The van der Waals surface area contributed by atoms with E-state index in [-0.39, 0.29) is 17.4 Å². The predicted molar refractivity (Wildman–Crippen MR) is 85.0 cm³/mol. The first-order valence-corrected chi connectivity index (χ1v) is 7.37. The molecule has 0 saturated carbocycles.